The Kier molecular flexibility index (Phi) is 2.56. The van der Waals surface area contributed by atoms with Crippen LogP contribution >= 0.6 is 0 Å². The number of hydrogen-bond acceptors (Lipinski definition) is 4. The summed E-state index contributed by atoms with van der Waals surface area (Å²) in [5.41, 5.74) is 0.351. The number of hydrogen-bond donors (Lipinski definition) is 1. The normalized spacial score (nSPS) is 11.3. The molecule has 0 aliphatic rings. The molecule has 0 radical (unpaired) electrons. The Morgan fingerprint density at radius 3 is 2.55 bits per heavy atom. The number of halogens is 1. The first kappa shape index (κ1) is 12.6. The maximum atomic E-state index is 13.5. The van der Waals surface area contributed by atoms with Gasteiger partial charge < -0.3 is 13.9 Å². The third-order valence-electron chi connectivity index (χ3n) is 3.49. The third kappa shape index (κ3) is 1.87. The van der Waals surface area contributed by atoms with Crippen molar-refractivity contribution in [2.75, 3.05) is 0 Å². The fraction of sp³-hybridized carbons (Fsp3) is 0. The van der Waals surface area contributed by atoms with E-state index < -0.39 is 17.2 Å². The highest BCUT2D eigenvalue weighted by molar-refractivity contribution is 5.86. The van der Waals surface area contributed by atoms with Crippen LogP contribution in [0.15, 0.2) is 62.2 Å². The van der Waals surface area contributed by atoms with Gasteiger partial charge >= 0.3 is 5.63 Å². The van der Waals surface area contributed by atoms with E-state index in [1.807, 2.05) is 18.2 Å². The van der Waals surface area contributed by atoms with Gasteiger partial charge in [-0.1, -0.05) is 18.2 Å². The summed E-state index contributed by atoms with van der Waals surface area (Å²) >= 11 is 0. The van der Waals surface area contributed by atoms with Crippen LogP contribution in [0.5, 0.6) is 5.75 Å². The molecule has 108 valence electrons. The molecule has 0 amide bonds. The summed E-state index contributed by atoms with van der Waals surface area (Å²) in [7, 11) is 0. The van der Waals surface area contributed by atoms with E-state index in [9.17, 15) is 14.3 Å². The van der Waals surface area contributed by atoms with Gasteiger partial charge in [0.15, 0.2) is 11.6 Å². The van der Waals surface area contributed by atoms with E-state index >= 15 is 0 Å². The monoisotopic (exact) mass is 296 g/mol. The zero-order valence-electron chi connectivity index (χ0n) is 11.2. The minimum Gasteiger partial charge on any atom is -0.505 e. The lowest BCUT2D eigenvalue weighted by atomic mass is 10.1. The van der Waals surface area contributed by atoms with Crippen molar-refractivity contribution in [3.63, 3.8) is 0 Å². The number of fused-ring (bicyclic) bond motifs is 2. The lowest BCUT2D eigenvalue weighted by Crippen LogP contribution is -2.02. The largest absolute Gasteiger partial charge is 0.505 e. The molecule has 5 heteroatoms. The van der Waals surface area contributed by atoms with Crippen molar-refractivity contribution in [3.05, 3.63) is 64.8 Å². The minimum absolute atomic E-state index is 0.115. The molecule has 0 saturated heterocycles. The number of rotatable bonds is 1. The van der Waals surface area contributed by atoms with Gasteiger partial charge in [-0.2, -0.15) is 0 Å². The third-order valence-corrected chi connectivity index (χ3v) is 3.49. The van der Waals surface area contributed by atoms with Crippen molar-refractivity contribution >= 4 is 21.9 Å². The van der Waals surface area contributed by atoms with Crippen molar-refractivity contribution in [2.45, 2.75) is 0 Å². The van der Waals surface area contributed by atoms with Crippen LogP contribution in [-0.2, 0) is 0 Å². The Balaban J connectivity index is 1.99. The molecule has 1 N–H and O–H groups in total. The summed E-state index contributed by atoms with van der Waals surface area (Å²) in [5, 5.41) is 10.6. The van der Waals surface area contributed by atoms with Crippen molar-refractivity contribution in [1.82, 2.24) is 0 Å². The molecule has 0 bridgehead atoms. The smallest absolute Gasteiger partial charge is 0.347 e. The van der Waals surface area contributed by atoms with Gasteiger partial charge in [0, 0.05) is 16.8 Å². The average Bonchev–Trinajstić information content (AvgIpc) is 2.92. The maximum Gasteiger partial charge on any atom is 0.347 e. The van der Waals surface area contributed by atoms with Crippen LogP contribution in [-0.4, -0.2) is 5.11 Å². The van der Waals surface area contributed by atoms with Crippen LogP contribution in [0.3, 0.4) is 0 Å². The molecule has 0 unspecified atom stereocenters. The Morgan fingerprint density at radius 2 is 1.73 bits per heavy atom. The topological polar surface area (TPSA) is 63.6 Å². The van der Waals surface area contributed by atoms with E-state index in [2.05, 4.69) is 0 Å². The molecule has 0 atom stereocenters. The fourth-order valence-corrected chi connectivity index (χ4v) is 2.41. The SMILES string of the molecule is O=c1oc2cc(O)c(F)cc2cc1-c1cc2ccccc2o1. The summed E-state index contributed by atoms with van der Waals surface area (Å²) in [5.74, 6) is -0.991. The zero-order valence-corrected chi connectivity index (χ0v) is 11.2. The van der Waals surface area contributed by atoms with E-state index in [1.54, 1.807) is 12.1 Å². The summed E-state index contributed by atoms with van der Waals surface area (Å²) in [4.78, 5) is 12.1. The summed E-state index contributed by atoms with van der Waals surface area (Å²) in [6.07, 6.45) is 0. The van der Waals surface area contributed by atoms with Gasteiger partial charge in [0.25, 0.3) is 0 Å². The molecular weight excluding hydrogens is 287 g/mol. The molecule has 2 heterocycles. The molecule has 2 aromatic heterocycles. The fourth-order valence-electron chi connectivity index (χ4n) is 2.41. The highest BCUT2D eigenvalue weighted by Gasteiger charge is 2.14. The highest BCUT2D eigenvalue weighted by Crippen LogP contribution is 2.29. The van der Waals surface area contributed by atoms with E-state index in [0.717, 1.165) is 17.5 Å². The molecule has 4 aromatic rings. The molecule has 0 fully saturated rings. The van der Waals surface area contributed by atoms with Crippen LogP contribution in [0.1, 0.15) is 0 Å². The Hall–Kier alpha value is -3.08. The predicted molar refractivity (Wildman–Crippen MR) is 79.3 cm³/mol. The van der Waals surface area contributed by atoms with Gasteiger partial charge in [-0.25, -0.2) is 9.18 Å². The van der Waals surface area contributed by atoms with Crippen molar-refractivity contribution < 1.29 is 18.3 Å². The molecule has 0 aliphatic carbocycles. The van der Waals surface area contributed by atoms with Crippen LogP contribution < -0.4 is 5.63 Å². The van der Waals surface area contributed by atoms with E-state index in [-0.39, 0.29) is 11.1 Å². The number of furan rings is 1. The first-order chi connectivity index (χ1) is 10.6. The number of benzene rings is 2. The van der Waals surface area contributed by atoms with Gasteiger partial charge in [-0.15, -0.1) is 0 Å². The molecule has 4 rings (SSSR count). The van der Waals surface area contributed by atoms with Crippen molar-refractivity contribution in [2.24, 2.45) is 0 Å². The summed E-state index contributed by atoms with van der Waals surface area (Å²) in [6, 6.07) is 12.8. The number of para-hydroxylation sites is 1. The number of phenols is 1. The van der Waals surface area contributed by atoms with E-state index in [1.165, 1.54) is 6.07 Å². The number of aromatic hydroxyl groups is 1. The molecule has 2 aromatic carbocycles. The van der Waals surface area contributed by atoms with Gasteiger partial charge in [0.1, 0.15) is 22.5 Å². The standard InChI is InChI=1S/C17H9FO4/c18-12-6-10-5-11(17(20)22-15(10)8-13(12)19)16-7-9-3-1-2-4-14(9)21-16/h1-8,19H. The molecule has 0 saturated carbocycles. The maximum absolute atomic E-state index is 13.5. The first-order valence-corrected chi connectivity index (χ1v) is 6.57. The quantitative estimate of drug-likeness (QED) is 0.538. The first-order valence-electron chi connectivity index (χ1n) is 6.57. The molecule has 4 nitrogen and oxygen atoms in total. The van der Waals surface area contributed by atoms with E-state index in [4.69, 9.17) is 8.83 Å². The van der Waals surface area contributed by atoms with E-state index in [0.29, 0.717) is 16.7 Å². The van der Waals surface area contributed by atoms with Crippen molar-refractivity contribution in [1.29, 1.82) is 0 Å². The minimum atomic E-state index is -0.781. The second-order valence-corrected chi connectivity index (χ2v) is 4.94. The molecule has 0 spiro atoms. The van der Waals surface area contributed by atoms with Crippen molar-refractivity contribution in [3.8, 4) is 17.1 Å². The van der Waals surface area contributed by atoms with Gasteiger partial charge in [0.2, 0.25) is 0 Å². The average molecular weight is 296 g/mol. The van der Waals surface area contributed by atoms with Gasteiger partial charge in [-0.3, -0.25) is 0 Å². The predicted octanol–water partition coefficient (Wildman–Crippen LogP) is 4.05. The summed E-state index contributed by atoms with van der Waals surface area (Å²) in [6.45, 7) is 0. The lowest BCUT2D eigenvalue weighted by molar-refractivity contribution is 0.431. The van der Waals surface area contributed by atoms with Gasteiger partial charge in [0.05, 0.1) is 0 Å². The molecule has 22 heavy (non-hydrogen) atoms. The second-order valence-electron chi connectivity index (χ2n) is 4.94. The van der Waals surface area contributed by atoms with Crippen LogP contribution in [0.25, 0.3) is 33.3 Å². The lowest BCUT2D eigenvalue weighted by Gasteiger charge is -2.01. The zero-order chi connectivity index (χ0) is 15.3. The second kappa shape index (κ2) is 4.46. The van der Waals surface area contributed by atoms with Crippen LogP contribution in [0.2, 0.25) is 0 Å². The Labute approximate surface area is 123 Å². The molecule has 0 aliphatic heterocycles. The number of phenolic OH excluding ortho intramolecular Hbond substituents is 1. The van der Waals surface area contributed by atoms with Crippen LogP contribution in [0.4, 0.5) is 4.39 Å². The van der Waals surface area contributed by atoms with Crippen LogP contribution in [0, 0.1) is 5.82 Å². The summed E-state index contributed by atoms with van der Waals surface area (Å²) < 4.78 is 24.2. The van der Waals surface area contributed by atoms with Gasteiger partial charge in [-0.05, 0) is 24.3 Å². The Morgan fingerprint density at radius 1 is 0.909 bits per heavy atom. The molecular formula is C17H9FO4. The Bertz CT molecular complexity index is 1040. The highest BCUT2D eigenvalue weighted by atomic mass is 19.1.